The number of hydrogen-bond acceptors (Lipinski definition) is 5. The highest BCUT2D eigenvalue weighted by molar-refractivity contribution is 5.98. The van der Waals surface area contributed by atoms with Crippen LogP contribution in [0.15, 0.2) is 24.4 Å². The minimum atomic E-state index is -4.89. The molecule has 184 valence electrons. The van der Waals surface area contributed by atoms with E-state index in [4.69, 9.17) is 15.2 Å². The topological polar surface area (TPSA) is 104 Å². The molecule has 0 aliphatic carbocycles. The third-order valence-electron chi connectivity index (χ3n) is 6.18. The molecule has 2 heterocycles. The van der Waals surface area contributed by atoms with E-state index in [1.54, 1.807) is 6.92 Å². The van der Waals surface area contributed by atoms with E-state index in [-0.39, 0.29) is 16.9 Å². The summed E-state index contributed by atoms with van der Waals surface area (Å²) in [6.45, 7) is 3.53. The van der Waals surface area contributed by atoms with E-state index in [0.717, 1.165) is 26.2 Å². The fourth-order valence-corrected chi connectivity index (χ4v) is 4.04. The Kier molecular flexibility index (Phi) is 6.57. The number of alkyl halides is 3. The Hall–Kier alpha value is -3.28. The summed E-state index contributed by atoms with van der Waals surface area (Å²) in [5, 5.41) is 2.43. The maximum atomic E-state index is 14.4. The smallest absolute Gasteiger partial charge is 0.417 e. The maximum absolute atomic E-state index is 14.4. The predicted octanol–water partition coefficient (Wildman–Crippen LogP) is 3.85. The zero-order chi connectivity index (χ0) is 25.6. The van der Waals surface area contributed by atoms with Gasteiger partial charge in [0.05, 0.1) is 7.11 Å². The number of nitrogens with one attached hydrogen (secondary N) is 1. The lowest BCUT2D eigenvalue weighted by atomic mass is 9.77. The van der Waals surface area contributed by atoms with Gasteiger partial charge in [0, 0.05) is 29.3 Å². The number of rotatable bonds is 5. The normalized spacial score (nSPS) is 24.7. The number of benzene rings is 1. The molecule has 4 atom stereocenters. The standard InChI is InChI=1S/C22H22F5N3O4/c1-9-8-29-14(19(28)31)7-13(9)30-20(32)18-15(10(2)21(3,34-18)22(25,26)27)11-5-6-12(23)16(24)17(11)33-4/h5-8,10,15,18H,1-4H3,(H2,28,31)(H,29,30,32). The fraction of sp³-hybridized carbons (Fsp3) is 0.409. The second kappa shape index (κ2) is 8.82. The summed E-state index contributed by atoms with van der Waals surface area (Å²) < 4.78 is 80.4. The van der Waals surface area contributed by atoms with Crippen molar-refractivity contribution >= 4 is 17.5 Å². The van der Waals surface area contributed by atoms with Crippen LogP contribution in [0.5, 0.6) is 5.75 Å². The van der Waals surface area contributed by atoms with Crippen LogP contribution in [0.3, 0.4) is 0 Å². The molecule has 2 aromatic rings. The molecule has 0 saturated carbocycles. The summed E-state index contributed by atoms with van der Waals surface area (Å²) >= 11 is 0. The number of nitrogens with two attached hydrogens (primary N) is 1. The first-order valence-corrected chi connectivity index (χ1v) is 10.1. The van der Waals surface area contributed by atoms with Gasteiger partial charge >= 0.3 is 6.18 Å². The first-order valence-electron chi connectivity index (χ1n) is 10.1. The van der Waals surface area contributed by atoms with Crippen LogP contribution in [0.1, 0.15) is 41.4 Å². The highest BCUT2D eigenvalue weighted by Gasteiger charge is 2.65. The van der Waals surface area contributed by atoms with Crippen molar-refractivity contribution in [1.82, 2.24) is 4.98 Å². The molecule has 34 heavy (non-hydrogen) atoms. The molecule has 2 amide bonds. The third kappa shape index (κ3) is 4.17. The molecule has 1 aliphatic rings. The lowest BCUT2D eigenvalue weighted by molar-refractivity contribution is -0.272. The number of methoxy groups -OCH3 is 1. The molecular formula is C22H22F5N3O4. The number of anilines is 1. The zero-order valence-electron chi connectivity index (χ0n) is 18.6. The number of nitrogens with zero attached hydrogens (tertiary/aromatic N) is 1. The number of halogens is 5. The van der Waals surface area contributed by atoms with Gasteiger partial charge < -0.3 is 20.5 Å². The van der Waals surface area contributed by atoms with E-state index in [0.29, 0.717) is 5.56 Å². The van der Waals surface area contributed by atoms with E-state index in [2.05, 4.69) is 10.3 Å². The summed E-state index contributed by atoms with van der Waals surface area (Å²) in [7, 11) is 1.03. The Morgan fingerprint density at radius 2 is 1.91 bits per heavy atom. The Labute approximate surface area is 191 Å². The van der Waals surface area contributed by atoms with Gasteiger partial charge in [0.25, 0.3) is 11.8 Å². The quantitative estimate of drug-likeness (QED) is 0.624. The van der Waals surface area contributed by atoms with Crippen LogP contribution < -0.4 is 15.8 Å². The molecular weight excluding hydrogens is 465 g/mol. The van der Waals surface area contributed by atoms with E-state index < -0.39 is 58.9 Å². The number of ether oxygens (including phenoxy) is 2. The molecule has 1 aromatic carbocycles. The van der Waals surface area contributed by atoms with Gasteiger partial charge in [0.2, 0.25) is 5.82 Å². The van der Waals surface area contributed by atoms with Crippen molar-refractivity contribution in [3.05, 3.63) is 52.9 Å². The van der Waals surface area contributed by atoms with Gasteiger partial charge in [0.1, 0.15) is 11.8 Å². The van der Waals surface area contributed by atoms with Crippen molar-refractivity contribution in [1.29, 1.82) is 0 Å². The second-order valence-electron chi connectivity index (χ2n) is 8.18. The van der Waals surface area contributed by atoms with E-state index in [9.17, 15) is 31.5 Å². The summed E-state index contributed by atoms with van der Waals surface area (Å²) in [6, 6.07) is 2.97. The highest BCUT2D eigenvalue weighted by Crippen LogP contribution is 2.55. The fourth-order valence-electron chi connectivity index (χ4n) is 4.04. The molecule has 4 unspecified atom stereocenters. The van der Waals surface area contributed by atoms with Crippen LogP contribution in [0.25, 0.3) is 0 Å². The zero-order valence-corrected chi connectivity index (χ0v) is 18.6. The summed E-state index contributed by atoms with van der Waals surface area (Å²) in [5.41, 5.74) is 2.53. The van der Waals surface area contributed by atoms with Crippen molar-refractivity contribution in [3.8, 4) is 5.75 Å². The summed E-state index contributed by atoms with van der Waals surface area (Å²) in [5.74, 6) is -7.94. The Morgan fingerprint density at radius 3 is 2.47 bits per heavy atom. The highest BCUT2D eigenvalue weighted by atomic mass is 19.4. The number of aryl methyl sites for hydroxylation is 1. The summed E-state index contributed by atoms with van der Waals surface area (Å²) in [6.07, 6.45) is -5.41. The monoisotopic (exact) mass is 487 g/mol. The number of amides is 2. The molecule has 0 bridgehead atoms. The maximum Gasteiger partial charge on any atom is 0.417 e. The Balaban J connectivity index is 2.10. The second-order valence-corrected chi connectivity index (χ2v) is 8.18. The van der Waals surface area contributed by atoms with Crippen LogP contribution >= 0.6 is 0 Å². The summed E-state index contributed by atoms with van der Waals surface area (Å²) in [4.78, 5) is 28.4. The largest absolute Gasteiger partial charge is 0.493 e. The minimum absolute atomic E-state index is 0.0710. The lowest BCUT2D eigenvalue weighted by Crippen LogP contribution is -2.47. The predicted molar refractivity (Wildman–Crippen MR) is 110 cm³/mol. The molecule has 3 N–H and O–H groups in total. The number of primary amides is 1. The van der Waals surface area contributed by atoms with Gasteiger partial charge in [-0.2, -0.15) is 17.6 Å². The van der Waals surface area contributed by atoms with Gasteiger partial charge in [-0.3, -0.25) is 14.6 Å². The van der Waals surface area contributed by atoms with Crippen molar-refractivity contribution < 1.29 is 41.0 Å². The van der Waals surface area contributed by atoms with Gasteiger partial charge in [-0.25, -0.2) is 4.39 Å². The number of carbonyl (C=O) groups is 2. The number of carbonyl (C=O) groups excluding carboxylic acids is 2. The van der Waals surface area contributed by atoms with Gasteiger partial charge in [-0.15, -0.1) is 0 Å². The van der Waals surface area contributed by atoms with Crippen LogP contribution in [-0.4, -0.2) is 41.8 Å². The molecule has 1 aliphatic heterocycles. The molecule has 7 nitrogen and oxygen atoms in total. The lowest BCUT2D eigenvalue weighted by Gasteiger charge is -2.32. The van der Waals surface area contributed by atoms with Crippen LogP contribution in [0.4, 0.5) is 27.6 Å². The first-order chi connectivity index (χ1) is 15.7. The van der Waals surface area contributed by atoms with Gasteiger partial charge in [-0.05, 0) is 31.5 Å². The van der Waals surface area contributed by atoms with Crippen molar-refractivity contribution in [3.63, 3.8) is 0 Å². The van der Waals surface area contributed by atoms with Crippen LogP contribution in [-0.2, 0) is 9.53 Å². The molecule has 1 saturated heterocycles. The third-order valence-corrected chi connectivity index (χ3v) is 6.18. The van der Waals surface area contributed by atoms with E-state index >= 15 is 0 Å². The van der Waals surface area contributed by atoms with Crippen molar-refractivity contribution in [2.75, 3.05) is 12.4 Å². The van der Waals surface area contributed by atoms with E-state index in [1.165, 1.54) is 19.2 Å². The average molecular weight is 487 g/mol. The van der Waals surface area contributed by atoms with Crippen molar-refractivity contribution in [2.24, 2.45) is 11.7 Å². The molecule has 1 aromatic heterocycles. The Bertz CT molecular complexity index is 1140. The minimum Gasteiger partial charge on any atom is -0.493 e. The van der Waals surface area contributed by atoms with Crippen molar-refractivity contribution in [2.45, 2.75) is 44.6 Å². The van der Waals surface area contributed by atoms with Gasteiger partial charge in [0.15, 0.2) is 17.2 Å². The molecule has 0 spiro atoms. The van der Waals surface area contributed by atoms with E-state index in [1.807, 2.05) is 0 Å². The number of pyridine rings is 1. The molecule has 12 heteroatoms. The van der Waals surface area contributed by atoms with Gasteiger partial charge in [-0.1, -0.05) is 13.0 Å². The Morgan fingerprint density at radius 1 is 1.26 bits per heavy atom. The number of aromatic nitrogens is 1. The molecule has 0 radical (unpaired) electrons. The SMILES string of the molecule is COc1c(C2C(C(=O)Nc3cc(C(N)=O)ncc3C)OC(C)(C(F)(F)F)C2C)ccc(F)c1F. The number of hydrogen-bond donors (Lipinski definition) is 2. The molecule has 3 rings (SSSR count). The molecule has 1 fully saturated rings. The van der Waals surface area contributed by atoms with Crippen LogP contribution in [0.2, 0.25) is 0 Å². The van der Waals surface area contributed by atoms with Crippen LogP contribution in [0, 0.1) is 24.5 Å². The average Bonchev–Trinajstić information content (AvgIpc) is 3.03. The first kappa shape index (κ1) is 25.3.